The first-order chi connectivity index (χ1) is 6.16. The number of nitrogens with two attached hydrogens (primary N) is 1. The van der Waals surface area contributed by atoms with Crippen LogP contribution in [0.4, 0.5) is 0 Å². The molecule has 0 bridgehead atoms. The molecule has 13 heavy (non-hydrogen) atoms. The summed E-state index contributed by atoms with van der Waals surface area (Å²) in [4.78, 5) is 4.54. The summed E-state index contributed by atoms with van der Waals surface area (Å²) in [6.45, 7) is 4.09. The maximum absolute atomic E-state index is 5.93. The summed E-state index contributed by atoms with van der Waals surface area (Å²) >= 11 is 0. The van der Waals surface area contributed by atoms with E-state index in [1.165, 1.54) is 11.1 Å². The van der Waals surface area contributed by atoms with E-state index in [2.05, 4.69) is 24.1 Å². The van der Waals surface area contributed by atoms with E-state index in [1.54, 1.807) is 0 Å². The maximum Gasteiger partial charge on any atom is 0.0806 e. The van der Waals surface area contributed by atoms with Crippen LogP contribution in [0.15, 0.2) is 40.1 Å². The Bertz CT molecular complexity index is 356. The van der Waals surface area contributed by atoms with Crippen molar-refractivity contribution in [3.05, 3.63) is 35.1 Å². The van der Waals surface area contributed by atoms with E-state index in [0.717, 1.165) is 17.8 Å². The molecule has 68 valence electrons. The van der Waals surface area contributed by atoms with Gasteiger partial charge < -0.3 is 5.73 Å². The third-order valence-corrected chi connectivity index (χ3v) is 2.46. The molecule has 0 aromatic rings. The molecule has 1 heterocycles. The largest absolute Gasteiger partial charge is 0.398 e. The van der Waals surface area contributed by atoms with Gasteiger partial charge in [0.1, 0.15) is 0 Å². The quantitative estimate of drug-likeness (QED) is 0.599. The number of rotatable bonds is 0. The molecule has 0 unspecified atom stereocenters. The normalized spacial score (nSPS) is 26.8. The lowest BCUT2D eigenvalue weighted by Gasteiger charge is -2.24. The molecule has 0 spiro atoms. The van der Waals surface area contributed by atoms with E-state index in [1.807, 2.05) is 13.0 Å². The fraction of sp³-hybridized carbons (Fsp3) is 0.364. The highest BCUT2D eigenvalue weighted by Gasteiger charge is 2.20. The second-order valence-electron chi connectivity index (χ2n) is 3.67. The Morgan fingerprint density at radius 2 is 2.15 bits per heavy atom. The molecular weight excluding hydrogens is 160 g/mol. The van der Waals surface area contributed by atoms with Gasteiger partial charge in [-0.1, -0.05) is 17.7 Å². The van der Waals surface area contributed by atoms with Gasteiger partial charge in [0.05, 0.1) is 6.04 Å². The second-order valence-corrected chi connectivity index (χ2v) is 3.67. The van der Waals surface area contributed by atoms with E-state index < -0.39 is 0 Å². The van der Waals surface area contributed by atoms with Gasteiger partial charge in [-0.15, -0.1) is 0 Å². The zero-order chi connectivity index (χ0) is 9.42. The topological polar surface area (TPSA) is 38.4 Å². The highest BCUT2D eigenvalue weighted by Crippen LogP contribution is 2.27. The van der Waals surface area contributed by atoms with Gasteiger partial charge in [-0.2, -0.15) is 0 Å². The predicted octanol–water partition coefficient (Wildman–Crippen LogP) is 1.95. The minimum atomic E-state index is 0.272. The first kappa shape index (κ1) is 8.30. The van der Waals surface area contributed by atoms with Crippen LogP contribution in [0.1, 0.15) is 20.3 Å². The molecule has 1 atom stereocenters. The first-order valence-corrected chi connectivity index (χ1v) is 4.57. The fourth-order valence-electron chi connectivity index (χ4n) is 1.81. The van der Waals surface area contributed by atoms with Gasteiger partial charge in [-0.05, 0) is 26.3 Å². The Hall–Kier alpha value is -1.31. The molecule has 1 aliphatic heterocycles. The summed E-state index contributed by atoms with van der Waals surface area (Å²) < 4.78 is 0. The zero-order valence-electron chi connectivity index (χ0n) is 8.04. The Morgan fingerprint density at radius 1 is 1.38 bits per heavy atom. The number of dihydropyridines is 1. The molecule has 2 nitrogen and oxygen atoms in total. The smallest absolute Gasteiger partial charge is 0.0806 e. The summed E-state index contributed by atoms with van der Waals surface area (Å²) in [5.74, 6) is 0. The average molecular weight is 174 g/mol. The van der Waals surface area contributed by atoms with Crippen LogP contribution in [0.3, 0.4) is 0 Å². The molecule has 2 aliphatic rings. The van der Waals surface area contributed by atoms with Crippen LogP contribution in [-0.4, -0.2) is 11.8 Å². The minimum Gasteiger partial charge on any atom is -0.398 e. The Balaban J connectivity index is 2.41. The molecule has 2 heteroatoms. The number of aliphatic imine (C=N–C) groups is 1. The van der Waals surface area contributed by atoms with Crippen molar-refractivity contribution in [2.45, 2.75) is 26.3 Å². The number of hydrogen-bond donors (Lipinski definition) is 1. The summed E-state index contributed by atoms with van der Waals surface area (Å²) in [5.41, 5.74) is 10.3. The molecule has 0 amide bonds. The molecule has 1 aliphatic carbocycles. The standard InChI is InChI=1S/C11H14N2/c1-7-3-4-11-9(5-7)10(12)6-8(2)13-11/h3,5-6,11H,4,12H2,1-2H3/t11-/m0/s1. The van der Waals surface area contributed by atoms with Crippen LogP contribution in [0.25, 0.3) is 0 Å². The van der Waals surface area contributed by atoms with Crippen molar-refractivity contribution >= 4 is 5.71 Å². The average Bonchev–Trinajstić information content (AvgIpc) is 2.06. The van der Waals surface area contributed by atoms with Crippen LogP contribution in [0.2, 0.25) is 0 Å². The molecule has 0 fully saturated rings. The minimum absolute atomic E-state index is 0.272. The molecule has 0 aromatic heterocycles. The van der Waals surface area contributed by atoms with Crippen molar-refractivity contribution in [1.82, 2.24) is 0 Å². The molecule has 2 rings (SSSR count). The Kier molecular flexibility index (Phi) is 1.83. The summed E-state index contributed by atoms with van der Waals surface area (Å²) in [7, 11) is 0. The summed E-state index contributed by atoms with van der Waals surface area (Å²) in [6, 6.07) is 0.272. The zero-order valence-corrected chi connectivity index (χ0v) is 8.04. The van der Waals surface area contributed by atoms with Gasteiger partial charge >= 0.3 is 0 Å². The van der Waals surface area contributed by atoms with Crippen LogP contribution in [0, 0.1) is 0 Å². The Labute approximate surface area is 78.5 Å². The lowest BCUT2D eigenvalue weighted by Crippen LogP contribution is -2.22. The lowest BCUT2D eigenvalue weighted by atomic mass is 9.91. The van der Waals surface area contributed by atoms with Gasteiger partial charge in [0.15, 0.2) is 0 Å². The summed E-state index contributed by atoms with van der Waals surface area (Å²) in [5, 5.41) is 0. The molecule has 0 saturated carbocycles. The maximum atomic E-state index is 5.93. The monoisotopic (exact) mass is 174 g/mol. The van der Waals surface area contributed by atoms with Crippen molar-refractivity contribution in [3.8, 4) is 0 Å². The third-order valence-electron chi connectivity index (χ3n) is 2.46. The summed E-state index contributed by atoms with van der Waals surface area (Å²) in [6.07, 6.45) is 7.28. The first-order valence-electron chi connectivity index (χ1n) is 4.57. The lowest BCUT2D eigenvalue weighted by molar-refractivity contribution is 0.766. The highest BCUT2D eigenvalue weighted by molar-refractivity contribution is 5.95. The molecule has 0 radical (unpaired) electrons. The number of fused-ring (bicyclic) bond motifs is 1. The van der Waals surface area contributed by atoms with E-state index in [-0.39, 0.29) is 6.04 Å². The molecule has 0 aromatic carbocycles. The number of hydrogen-bond acceptors (Lipinski definition) is 2. The number of allylic oxidation sites excluding steroid dienone is 3. The van der Waals surface area contributed by atoms with E-state index in [4.69, 9.17) is 5.73 Å². The van der Waals surface area contributed by atoms with Gasteiger partial charge in [-0.3, -0.25) is 4.99 Å². The van der Waals surface area contributed by atoms with Crippen molar-refractivity contribution in [2.75, 3.05) is 0 Å². The van der Waals surface area contributed by atoms with Gasteiger partial charge in [0.2, 0.25) is 0 Å². The third kappa shape index (κ3) is 1.44. The van der Waals surface area contributed by atoms with Crippen LogP contribution >= 0.6 is 0 Å². The van der Waals surface area contributed by atoms with Crippen molar-refractivity contribution in [1.29, 1.82) is 0 Å². The van der Waals surface area contributed by atoms with Crippen molar-refractivity contribution < 1.29 is 0 Å². The van der Waals surface area contributed by atoms with Crippen molar-refractivity contribution in [2.24, 2.45) is 10.7 Å². The van der Waals surface area contributed by atoms with E-state index >= 15 is 0 Å². The van der Waals surface area contributed by atoms with Gasteiger partial charge in [-0.25, -0.2) is 0 Å². The van der Waals surface area contributed by atoms with Gasteiger partial charge in [0.25, 0.3) is 0 Å². The second kappa shape index (κ2) is 2.87. The molecule has 0 saturated heterocycles. The fourth-order valence-corrected chi connectivity index (χ4v) is 1.81. The van der Waals surface area contributed by atoms with Crippen LogP contribution in [0.5, 0.6) is 0 Å². The predicted molar refractivity (Wildman–Crippen MR) is 55.6 cm³/mol. The van der Waals surface area contributed by atoms with Crippen LogP contribution in [-0.2, 0) is 0 Å². The van der Waals surface area contributed by atoms with E-state index in [9.17, 15) is 0 Å². The Morgan fingerprint density at radius 3 is 2.92 bits per heavy atom. The van der Waals surface area contributed by atoms with Gasteiger partial charge in [0, 0.05) is 17.0 Å². The highest BCUT2D eigenvalue weighted by atomic mass is 14.8. The molecule has 2 N–H and O–H groups in total. The van der Waals surface area contributed by atoms with Crippen molar-refractivity contribution in [3.63, 3.8) is 0 Å². The molecular formula is C11H14N2. The SMILES string of the molecule is CC1=CC[C@@H]2N=C(C)C=C(N)C2=C1. The number of nitrogens with zero attached hydrogens (tertiary/aromatic N) is 1. The van der Waals surface area contributed by atoms with Crippen LogP contribution < -0.4 is 5.73 Å². The van der Waals surface area contributed by atoms with E-state index in [0.29, 0.717) is 0 Å².